The van der Waals surface area contributed by atoms with E-state index in [2.05, 4.69) is 79.0 Å². The predicted octanol–water partition coefficient (Wildman–Crippen LogP) is 6.06. The number of nitrogens with zero attached hydrogens (tertiary/aromatic N) is 1. The predicted molar refractivity (Wildman–Crippen MR) is 124 cm³/mol. The third-order valence-electron chi connectivity index (χ3n) is 5.83. The van der Waals surface area contributed by atoms with Crippen molar-refractivity contribution < 1.29 is 9.47 Å². The minimum absolute atomic E-state index is 0.719. The van der Waals surface area contributed by atoms with Gasteiger partial charge in [-0.2, -0.15) is 0 Å². The Labute approximate surface area is 181 Å². The molecule has 2 aliphatic rings. The zero-order chi connectivity index (χ0) is 20.9. The van der Waals surface area contributed by atoms with Crippen molar-refractivity contribution in [3.63, 3.8) is 0 Å². The van der Waals surface area contributed by atoms with Crippen LogP contribution in [-0.4, -0.2) is 25.8 Å². The van der Waals surface area contributed by atoms with Crippen molar-refractivity contribution in [1.29, 1.82) is 0 Å². The average molecular weight is 452 g/mol. The molecular weight excluding hydrogens is 426 g/mol. The fraction of sp³-hybridized carbons (Fsp3) is 0.280. The number of rotatable bonds is 3. The number of halogens is 1. The number of fused-ring (bicyclic) bond motifs is 2. The van der Waals surface area contributed by atoms with E-state index in [1.54, 1.807) is 14.2 Å². The van der Waals surface area contributed by atoms with Gasteiger partial charge in [0.15, 0.2) is 4.51 Å². The second-order valence-corrected chi connectivity index (χ2v) is 8.88. The van der Waals surface area contributed by atoms with E-state index < -0.39 is 4.51 Å². The van der Waals surface area contributed by atoms with Crippen LogP contribution in [0.15, 0.2) is 59.8 Å². The Morgan fingerprint density at radius 1 is 1.00 bits per heavy atom. The van der Waals surface area contributed by atoms with Gasteiger partial charge < -0.3 is 14.4 Å². The van der Waals surface area contributed by atoms with Gasteiger partial charge in [-0.3, -0.25) is 0 Å². The van der Waals surface area contributed by atoms with Gasteiger partial charge in [0.2, 0.25) is 0 Å². The fourth-order valence-electron chi connectivity index (χ4n) is 4.65. The normalized spacial score (nSPS) is 20.4. The first-order chi connectivity index (χ1) is 13.8. The first-order valence-corrected chi connectivity index (χ1v) is 10.5. The monoisotopic (exact) mass is 451 g/mol. The number of hydrogen-bond acceptors (Lipinski definition) is 3. The van der Waals surface area contributed by atoms with Gasteiger partial charge in [0, 0.05) is 36.6 Å². The van der Waals surface area contributed by atoms with Crippen LogP contribution in [0, 0.1) is 20.8 Å². The first-order valence-electron chi connectivity index (χ1n) is 9.70. The third-order valence-corrected chi connectivity index (χ3v) is 6.82. The van der Waals surface area contributed by atoms with Crippen molar-refractivity contribution in [3.8, 4) is 5.75 Å². The van der Waals surface area contributed by atoms with Gasteiger partial charge in [-0.1, -0.05) is 29.8 Å². The standard InChI is InChI=1S/C25H26BrNO2/c1-15-13-16(2)21(17(3)14-15)23-22-18(9-7-11-20(22)28-5)27(4)19-10-8-12-25(26,29-6)24(19)23/h7-14H,1-6H3. The van der Waals surface area contributed by atoms with E-state index >= 15 is 0 Å². The summed E-state index contributed by atoms with van der Waals surface area (Å²) in [6, 6.07) is 10.7. The molecule has 0 fully saturated rings. The number of methoxy groups -OCH3 is 2. The van der Waals surface area contributed by atoms with Crippen LogP contribution >= 0.6 is 15.9 Å². The number of allylic oxidation sites excluding steroid dienone is 2. The maximum atomic E-state index is 6.00. The van der Waals surface area contributed by atoms with Crippen LogP contribution in [0.1, 0.15) is 27.8 Å². The Kier molecular flexibility index (Phi) is 4.96. The minimum Gasteiger partial charge on any atom is -0.496 e. The molecule has 1 heterocycles. The number of alkyl halides is 1. The number of benzene rings is 2. The molecule has 0 N–H and O–H groups in total. The maximum absolute atomic E-state index is 6.00. The molecule has 1 atom stereocenters. The van der Waals surface area contributed by atoms with E-state index in [1.807, 2.05) is 18.2 Å². The van der Waals surface area contributed by atoms with Crippen molar-refractivity contribution >= 4 is 27.2 Å². The molecule has 3 nitrogen and oxygen atoms in total. The van der Waals surface area contributed by atoms with Crippen LogP contribution in [0.5, 0.6) is 5.75 Å². The molecule has 4 rings (SSSR count). The zero-order valence-electron chi connectivity index (χ0n) is 17.8. The van der Waals surface area contributed by atoms with Crippen molar-refractivity contribution in [2.24, 2.45) is 0 Å². The van der Waals surface area contributed by atoms with Crippen LogP contribution in [0.2, 0.25) is 0 Å². The third kappa shape index (κ3) is 2.97. The quantitative estimate of drug-likeness (QED) is 0.529. The van der Waals surface area contributed by atoms with Gasteiger partial charge in [0.25, 0.3) is 0 Å². The van der Waals surface area contributed by atoms with Crippen molar-refractivity contribution in [3.05, 3.63) is 87.6 Å². The fourth-order valence-corrected chi connectivity index (χ4v) is 5.21. The van der Waals surface area contributed by atoms with Gasteiger partial charge in [0.05, 0.1) is 12.8 Å². The summed E-state index contributed by atoms with van der Waals surface area (Å²) in [5, 5.41) is 0. The summed E-state index contributed by atoms with van der Waals surface area (Å²) in [6.07, 6.45) is 6.25. The summed E-state index contributed by atoms with van der Waals surface area (Å²) >= 11 is 3.89. The topological polar surface area (TPSA) is 21.7 Å². The Balaban J connectivity index is 2.21. The molecule has 0 saturated carbocycles. The molecule has 150 valence electrons. The van der Waals surface area contributed by atoms with Crippen LogP contribution in [0.3, 0.4) is 0 Å². The van der Waals surface area contributed by atoms with Crippen LogP contribution in [0.25, 0.3) is 5.57 Å². The molecule has 2 aromatic carbocycles. The Bertz CT molecular complexity index is 1070. The number of anilines is 1. The molecule has 0 spiro atoms. The lowest BCUT2D eigenvalue weighted by Crippen LogP contribution is -2.36. The van der Waals surface area contributed by atoms with E-state index in [0.29, 0.717) is 0 Å². The number of likely N-dealkylation sites (N-methyl/N-ethyl adjacent to an activating group) is 1. The van der Waals surface area contributed by atoms with E-state index in [-0.39, 0.29) is 0 Å². The van der Waals surface area contributed by atoms with E-state index in [0.717, 1.165) is 33.8 Å². The molecule has 0 amide bonds. The number of aryl methyl sites for hydroxylation is 3. The average Bonchev–Trinajstić information content (AvgIpc) is 2.69. The highest BCUT2D eigenvalue weighted by Crippen LogP contribution is 2.54. The second kappa shape index (κ2) is 7.19. The molecule has 1 unspecified atom stereocenters. The van der Waals surface area contributed by atoms with Gasteiger partial charge >= 0.3 is 0 Å². The molecular formula is C25H26BrNO2. The summed E-state index contributed by atoms with van der Waals surface area (Å²) in [7, 11) is 5.56. The van der Waals surface area contributed by atoms with E-state index in [9.17, 15) is 0 Å². The van der Waals surface area contributed by atoms with Gasteiger partial charge in [0.1, 0.15) is 5.75 Å². The first kappa shape index (κ1) is 20.0. The lowest BCUT2D eigenvalue weighted by atomic mass is 9.79. The maximum Gasteiger partial charge on any atom is 0.169 e. The molecule has 29 heavy (non-hydrogen) atoms. The summed E-state index contributed by atoms with van der Waals surface area (Å²) in [6.45, 7) is 6.51. The summed E-state index contributed by atoms with van der Waals surface area (Å²) < 4.78 is 11.1. The van der Waals surface area contributed by atoms with Crippen LogP contribution < -0.4 is 9.64 Å². The molecule has 2 aromatic rings. The van der Waals surface area contributed by atoms with Gasteiger partial charge in [-0.25, -0.2) is 0 Å². The second-order valence-electron chi connectivity index (χ2n) is 7.70. The molecule has 4 heteroatoms. The number of ether oxygens (including phenoxy) is 2. The highest BCUT2D eigenvalue weighted by Gasteiger charge is 2.42. The largest absolute Gasteiger partial charge is 0.496 e. The number of hydrogen-bond donors (Lipinski definition) is 0. The molecule has 0 bridgehead atoms. The molecule has 1 aliphatic heterocycles. The van der Waals surface area contributed by atoms with Crippen molar-refractivity contribution in [2.75, 3.05) is 26.2 Å². The summed E-state index contributed by atoms with van der Waals surface area (Å²) in [4.78, 5) is 2.22. The van der Waals surface area contributed by atoms with Crippen molar-refractivity contribution in [1.82, 2.24) is 0 Å². The highest BCUT2D eigenvalue weighted by atomic mass is 79.9. The van der Waals surface area contributed by atoms with E-state index in [1.165, 1.54) is 22.3 Å². The Hall–Kier alpha value is -2.30. The summed E-state index contributed by atoms with van der Waals surface area (Å²) in [5.74, 6) is 0.857. The highest BCUT2D eigenvalue weighted by molar-refractivity contribution is 9.10. The smallest absolute Gasteiger partial charge is 0.169 e. The lowest BCUT2D eigenvalue weighted by molar-refractivity contribution is 0.147. The van der Waals surface area contributed by atoms with Crippen LogP contribution in [-0.2, 0) is 4.74 Å². The van der Waals surface area contributed by atoms with Crippen LogP contribution in [0.4, 0.5) is 5.69 Å². The van der Waals surface area contributed by atoms with E-state index in [4.69, 9.17) is 9.47 Å². The SMILES string of the molecule is COc1cccc2c1C(c1c(C)cc(C)cc1C)=C1C(=CC=CC1(Br)OC)N2C. The van der Waals surface area contributed by atoms with Crippen molar-refractivity contribution in [2.45, 2.75) is 25.3 Å². The Morgan fingerprint density at radius 2 is 1.69 bits per heavy atom. The minimum atomic E-state index is -0.719. The van der Waals surface area contributed by atoms with Gasteiger partial charge in [-0.15, -0.1) is 0 Å². The lowest BCUT2D eigenvalue weighted by Gasteiger charge is -2.42. The summed E-state index contributed by atoms with van der Waals surface area (Å²) in [5.41, 5.74) is 10.5. The molecule has 0 aromatic heterocycles. The van der Waals surface area contributed by atoms with Gasteiger partial charge in [-0.05, 0) is 77.7 Å². The molecule has 1 aliphatic carbocycles. The zero-order valence-corrected chi connectivity index (χ0v) is 19.3. The Morgan fingerprint density at radius 3 is 2.31 bits per heavy atom. The molecule has 0 radical (unpaired) electrons. The molecule has 0 saturated heterocycles.